The summed E-state index contributed by atoms with van der Waals surface area (Å²) in [5, 5.41) is 4.68. The van der Waals surface area contributed by atoms with Crippen LogP contribution in [-0.2, 0) is 0 Å². The van der Waals surface area contributed by atoms with Gasteiger partial charge < -0.3 is 20.9 Å². The first-order chi connectivity index (χ1) is 20.3. The largest absolute Gasteiger partial charge is 0.375 e. The number of nitrogens with zero attached hydrogens (tertiary/aromatic N) is 6. The molecule has 2 bridgehead atoms. The predicted octanol–water partition coefficient (Wildman–Crippen LogP) is 5.43. The first-order valence-corrected chi connectivity index (χ1v) is 16.0. The molecule has 6 heterocycles. The number of piperazine rings is 1. The van der Waals surface area contributed by atoms with Crippen molar-refractivity contribution >= 4 is 61.0 Å². The Morgan fingerprint density at radius 2 is 1.74 bits per heavy atom. The molecule has 220 valence electrons. The molecule has 0 spiro atoms. The molecule has 12 heteroatoms. The SMILES string of the molecule is CC1(N2CCCCC2)CN(c2nc(N3CC4CCC(C3)N4)c3cc(Cl)c(-c4ccc(F)c5sc(N)nc45)c(F)c3n2)C1. The van der Waals surface area contributed by atoms with Crippen LogP contribution < -0.4 is 20.9 Å². The molecule has 2 aromatic heterocycles. The van der Waals surface area contributed by atoms with Gasteiger partial charge in [0.1, 0.15) is 17.2 Å². The van der Waals surface area contributed by atoms with E-state index in [4.69, 9.17) is 27.3 Å². The van der Waals surface area contributed by atoms with Gasteiger partial charge in [-0.1, -0.05) is 29.4 Å². The van der Waals surface area contributed by atoms with E-state index in [0.717, 1.165) is 69.3 Å². The summed E-state index contributed by atoms with van der Waals surface area (Å²) >= 11 is 7.88. The molecule has 8 rings (SSSR count). The Bertz CT molecular complexity index is 1710. The fraction of sp³-hybridized carbons (Fsp3) is 0.500. The number of thiazole rings is 1. The Hall–Kier alpha value is -2.86. The van der Waals surface area contributed by atoms with Gasteiger partial charge in [-0.25, -0.2) is 18.7 Å². The van der Waals surface area contributed by atoms with Crippen molar-refractivity contribution in [3.8, 4) is 11.1 Å². The van der Waals surface area contributed by atoms with Gasteiger partial charge in [0, 0.05) is 54.8 Å². The fourth-order valence-corrected chi connectivity index (χ4v) is 8.57. The first kappa shape index (κ1) is 26.7. The number of rotatable bonds is 4. The number of aromatic nitrogens is 3. The normalized spacial score (nSPS) is 24.1. The van der Waals surface area contributed by atoms with E-state index in [9.17, 15) is 4.39 Å². The van der Waals surface area contributed by atoms with Crippen LogP contribution in [0.4, 0.5) is 25.7 Å². The van der Waals surface area contributed by atoms with Gasteiger partial charge in [0.25, 0.3) is 0 Å². The highest BCUT2D eigenvalue weighted by atomic mass is 35.5. The van der Waals surface area contributed by atoms with Crippen molar-refractivity contribution in [2.45, 2.75) is 56.7 Å². The number of benzene rings is 2. The third-order valence-corrected chi connectivity index (χ3v) is 10.8. The molecule has 2 unspecified atom stereocenters. The molecule has 4 aliphatic heterocycles. The van der Waals surface area contributed by atoms with Crippen molar-refractivity contribution in [3.05, 3.63) is 34.9 Å². The second kappa shape index (κ2) is 9.83. The molecular weight excluding hydrogens is 578 g/mol. The van der Waals surface area contributed by atoms with Crippen LogP contribution in [0.2, 0.25) is 5.02 Å². The van der Waals surface area contributed by atoms with Crippen LogP contribution in [0.5, 0.6) is 0 Å². The molecule has 0 aliphatic carbocycles. The van der Waals surface area contributed by atoms with Crippen molar-refractivity contribution in [2.75, 3.05) is 54.8 Å². The summed E-state index contributed by atoms with van der Waals surface area (Å²) in [7, 11) is 0. The fourth-order valence-electron chi connectivity index (χ4n) is 7.51. The molecule has 8 nitrogen and oxygen atoms in total. The lowest BCUT2D eigenvalue weighted by molar-refractivity contribution is 0.0552. The third-order valence-electron chi connectivity index (χ3n) is 9.61. The number of fused-ring (bicyclic) bond motifs is 4. The molecule has 2 atom stereocenters. The summed E-state index contributed by atoms with van der Waals surface area (Å²) in [6.45, 7) is 7.72. The highest BCUT2D eigenvalue weighted by Crippen LogP contribution is 2.44. The molecule has 4 aliphatic rings. The average Bonchev–Trinajstić information content (AvgIpc) is 3.53. The molecule has 4 aromatic rings. The highest BCUT2D eigenvalue weighted by molar-refractivity contribution is 7.22. The van der Waals surface area contributed by atoms with E-state index < -0.39 is 11.6 Å². The number of piperidine rings is 1. The second-order valence-electron chi connectivity index (χ2n) is 12.6. The summed E-state index contributed by atoms with van der Waals surface area (Å²) in [4.78, 5) is 21.3. The Morgan fingerprint density at radius 3 is 2.48 bits per heavy atom. The molecule has 3 N–H and O–H groups in total. The Labute approximate surface area is 251 Å². The molecule has 2 aromatic carbocycles. The summed E-state index contributed by atoms with van der Waals surface area (Å²) in [6.07, 6.45) is 5.99. The van der Waals surface area contributed by atoms with Crippen molar-refractivity contribution < 1.29 is 8.78 Å². The zero-order valence-corrected chi connectivity index (χ0v) is 25.0. The minimum absolute atomic E-state index is 0.0566. The third kappa shape index (κ3) is 4.23. The zero-order valence-electron chi connectivity index (χ0n) is 23.5. The summed E-state index contributed by atoms with van der Waals surface area (Å²) in [6, 6.07) is 5.35. The Kier molecular flexibility index (Phi) is 6.26. The van der Waals surface area contributed by atoms with E-state index in [1.54, 1.807) is 6.07 Å². The summed E-state index contributed by atoms with van der Waals surface area (Å²) < 4.78 is 31.7. The van der Waals surface area contributed by atoms with Crippen molar-refractivity contribution in [3.63, 3.8) is 0 Å². The minimum atomic E-state index is -0.556. The van der Waals surface area contributed by atoms with E-state index in [-0.39, 0.29) is 31.5 Å². The number of likely N-dealkylation sites (tertiary alicyclic amines) is 1. The summed E-state index contributed by atoms with van der Waals surface area (Å²) in [5.41, 5.74) is 7.04. The lowest BCUT2D eigenvalue weighted by Gasteiger charge is -2.55. The molecule has 0 saturated carbocycles. The lowest BCUT2D eigenvalue weighted by atomic mass is 9.88. The van der Waals surface area contributed by atoms with Crippen LogP contribution in [0.3, 0.4) is 0 Å². The minimum Gasteiger partial charge on any atom is -0.375 e. The van der Waals surface area contributed by atoms with Crippen molar-refractivity contribution in [1.82, 2.24) is 25.2 Å². The van der Waals surface area contributed by atoms with Crippen LogP contribution in [0.25, 0.3) is 32.2 Å². The maximum absolute atomic E-state index is 16.8. The maximum atomic E-state index is 16.8. The van der Waals surface area contributed by atoms with Gasteiger partial charge in [-0.15, -0.1) is 0 Å². The van der Waals surface area contributed by atoms with Crippen LogP contribution in [0.1, 0.15) is 39.0 Å². The monoisotopic (exact) mass is 610 g/mol. The first-order valence-electron chi connectivity index (χ1n) is 14.8. The molecular formula is C30H33ClF2N8S. The number of nitrogen functional groups attached to an aromatic ring is 1. The van der Waals surface area contributed by atoms with E-state index in [2.05, 4.69) is 31.9 Å². The van der Waals surface area contributed by atoms with Gasteiger partial charge in [-0.2, -0.15) is 4.98 Å². The van der Waals surface area contributed by atoms with Crippen LogP contribution >= 0.6 is 22.9 Å². The van der Waals surface area contributed by atoms with Gasteiger partial charge in [0.2, 0.25) is 5.95 Å². The number of nitrogens with two attached hydrogens (primary N) is 1. The highest BCUT2D eigenvalue weighted by Gasteiger charge is 2.45. The van der Waals surface area contributed by atoms with Crippen molar-refractivity contribution in [1.29, 1.82) is 0 Å². The molecule has 4 saturated heterocycles. The second-order valence-corrected chi connectivity index (χ2v) is 14.0. The van der Waals surface area contributed by atoms with E-state index in [1.807, 2.05) is 0 Å². The smallest absolute Gasteiger partial charge is 0.228 e. The van der Waals surface area contributed by atoms with Crippen molar-refractivity contribution in [2.24, 2.45) is 0 Å². The molecule has 42 heavy (non-hydrogen) atoms. The quantitative estimate of drug-likeness (QED) is 0.317. The van der Waals surface area contributed by atoms with Crippen LogP contribution in [-0.4, -0.2) is 76.7 Å². The number of halogens is 3. The Morgan fingerprint density at radius 1 is 1.00 bits per heavy atom. The topological polar surface area (TPSA) is 86.4 Å². The molecule has 0 amide bonds. The van der Waals surface area contributed by atoms with Crippen LogP contribution in [0.15, 0.2) is 18.2 Å². The summed E-state index contributed by atoms with van der Waals surface area (Å²) in [5.74, 6) is 0.246. The standard InChI is InChI=1S/C30H33ClF2N8S/c1-30(41-9-3-2-4-10-41)14-40(15-30)29-37-24-19(27(38-29)39-12-16-5-6-17(13-39)35-16)11-20(31)22(23(24)33)18-7-8-21(32)26-25(18)36-28(34)42-26/h7-8,11,16-17,35H,2-6,9-10,12-15H2,1H3,(H2,34,36). The predicted molar refractivity (Wildman–Crippen MR) is 166 cm³/mol. The van der Waals surface area contributed by atoms with Gasteiger partial charge in [-0.05, 0) is 63.9 Å². The van der Waals surface area contributed by atoms with Gasteiger partial charge >= 0.3 is 0 Å². The number of anilines is 3. The van der Waals surface area contributed by atoms with Gasteiger partial charge in [0.15, 0.2) is 10.9 Å². The number of nitrogens with one attached hydrogen (secondary N) is 1. The lowest BCUT2D eigenvalue weighted by Crippen LogP contribution is -2.69. The average molecular weight is 611 g/mol. The van der Waals surface area contributed by atoms with Gasteiger partial charge in [0.05, 0.1) is 20.8 Å². The van der Waals surface area contributed by atoms with Gasteiger partial charge in [-0.3, -0.25) is 4.90 Å². The maximum Gasteiger partial charge on any atom is 0.228 e. The number of hydrogen-bond acceptors (Lipinski definition) is 9. The van der Waals surface area contributed by atoms with Crippen LogP contribution in [0, 0.1) is 11.6 Å². The number of hydrogen-bond donors (Lipinski definition) is 2. The zero-order chi connectivity index (χ0) is 28.7. The van der Waals surface area contributed by atoms with E-state index in [0.29, 0.717) is 34.5 Å². The molecule has 0 radical (unpaired) electrons. The Balaban J connectivity index is 1.26. The van der Waals surface area contributed by atoms with E-state index >= 15 is 4.39 Å². The molecule has 4 fully saturated rings. The van der Waals surface area contributed by atoms with E-state index in [1.165, 1.54) is 31.4 Å².